The van der Waals surface area contributed by atoms with Crippen molar-refractivity contribution in [3.05, 3.63) is 20.8 Å². The third kappa shape index (κ3) is 2.00. The molecule has 3 nitrogen and oxygen atoms in total. The zero-order valence-electron chi connectivity index (χ0n) is 10.7. The quantitative estimate of drug-likeness (QED) is 0.861. The van der Waals surface area contributed by atoms with E-state index in [1.807, 2.05) is 6.07 Å². The molecule has 1 N–H and O–H groups in total. The van der Waals surface area contributed by atoms with Crippen molar-refractivity contribution in [3.8, 4) is 0 Å². The average Bonchev–Trinajstić information content (AvgIpc) is 2.73. The summed E-state index contributed by atoms with van der Waals surface area (Å²) < 4.78 is 12.5. The van der Waals surface area contributed by atoms with Crippen LogP contribution in [0.3, 0.4) is 0 Å². The molecule has 1 fully saturated rings. The van der Waals surface area contributed by atoms with Crippen LogP contribution in [0, 0.1) is 0 Å². The van der Waals surface area contributed by atoms with Gasteiger partial charge in [0, 0.05) is 23.6 Å². The van der Waals surface area contributed by atoms with Crippen LogP contribution in [0.2, 0.25) is 4.34 Å². The molecule has 1 aromatic rings. The Labute approximate surface area is 116 Å². The molecule has 0 amide bonds. The van der Waals surface area contributed by atoms with Crippen LogP contribution >= 0.6 is 22.9 Å². The lowest BCUT2D eigenvalue weighted by atomic mass is 9.82. The van der Waals surface area contributed by atoms with Gasteiger partial charge in [0.1, 0.15) is 11.7 Å². The number of hydrogen-bond donors (Lipinski definition) is 1. The molecule has 100 valence electrons. The number of rotatable bonds is 1. The van der Waals surface area contributed by atoms with Gasteiger partial charge in [-0.05, 0) is 32.4 Å². The first-order valence-corrected chi connectivity index (χ1v) is 7.54. The van der Waals surface area contributed by atoms with Crippen LogP contribution in [-0.2, 0) is 15.1 Å². The van der Waals surface area contributed by atoms with Crippen molar-refractivity contribution >= 4 is 22.9 Å². The molecule has 1 spiro atoms. The standard InChI is InChI=1S/C13H18ClNO2S/c1-8-6-13(3-4-15-8)12-9(5-11(14)18-12)10(16-2)7-17-13/h5,8,10,15H,3-4,6-7H2,1-2H3/t8-,10?,13-/m0/s1. The van der Waals surface area contributed by atoms with Gasteiger partial charge in [-0.3, -0.25) is 0 Å². The molecular weight excluding hydrogens is 270 g/mol. The van der Waals surface area contributed by atoms with E-state index in [4.69, 9.17) is 21.1 Å². The van der Waals surface area contributed by atoms with Gasteiger partial charge in [0.15, 0.2) is 0 Å². The van der Waals surface area contributed by atoms with Gasteiger partial charge in [0.05, 0.1) is 10.9 Å². The van der Waals surface area contributed by atoms with E-state index in [9.17, 15) is 0 Å². The number of ether oxygens (including phenoxy) is 2. The highest BCUT2D eigenvalue weighted by Crippen LogP contribution is 2.49. The highest BCUT2D eigenvalue weighted by Gasteiger charge is 2.45. The minimum atomic E-state index is -0.146. The van der Waals surface area contributed by atoms with Crippen molar-refractivity contribution in [2.75, 3.05) is 20.3 Å². The SMILES string of the molecule is COC1CO[C@]2(CCN[C@@H](C)C2)c2sc(Cl)cc21. The number of thiophene rings is 1. The number of fused-ring (bicyclic) bond motifs is 2. The molecule has 0 aromatic carbocycles. The largest absolute Gasteiger partial charge is 0.374 e. The maximum Gasteiger partial charge on any atom is 0.107 e. The molecule has 1 saturated heterocycles. The number of methoxy groups -OCH3 is 1. The van der Waals surface area contributed by atoms with Crippen LogP contribution in [0.4, 0.5) is 0 Å². The maximum atomic E-state index is 6.21. The molecule has 2 aliphatic rings. The molecular formula is C13H18ClNO2S. The first kappa shape index (κ1) is 12.9. The van der Waals surface area contributed by atoms with Gasteiger partial charge in [-0.25, -0.2) is 0 Å². The van der Waals surface area contributed by atoms with Crippen LogP contribution in [0.5, 0.6) is 0 Å². The maximum absolute atomic E-state index is 6.21. The summed E-state index contributed by atoms with van der Waals surface area (Å²) in [4.78, 5) is 1.28. The molecule has 0 bridgehead atoms. The van der Waals surface area contributed by atoms with Gasteiger partial charge in [0.2, 0.25) is 0 Å². The first-order chi connectivity index (χ1) is 8.64. The second-order valence-corrected chi connectivity index (χ2v) is 6.86. The Hall–Kier alpha value is -0.130. The van der Waals surface area contributed by atoms with Crippen molar-refractivity contribution in [1.29, 1.82) is 0 Å². The van der Waals surface area contributed by atoms with Crippen LogP contribution in [0.15, 0.2) is 6.07 Å². The van der Waals surface area contributed by atoms with E-state index >= 15 is 0 Å². The highest BCUT2D eigenvalue weighted by atomic mass is 35.5. The molecule has 18 heavy (non-hydrogen) atoms. The molecule has 1 aromatic heterocycles. The van der Waals surface area contributed by atoms with Crippen LogP contribution < -0.4 is 5.32 Å². The van der Waals surface area contributed by atoms with Gasteiger partial charge in [0.25, 0.3) is 0 Å². The van der Waals surface area contributed by atoms with Crippen molar-refractivity contribution in [1.82, 2.24) is 5.32 Å². The second-order valence-electron chi connectivity index (χ2n) is 5.17. The monoisotopic (exact) mass is 287 g/mol. The van der Waals surface area contributed by atoms with Gasteiger partial charge < -0.3 is 14.8 Å². The van der Waals surface area contributed by atoms with Crippen molar-refractivity contribution < 1.29 is 9.47 Å². The summed E-state index contributed by atoms with van der Waals surface area (Å²) in [5.74, 6) is 0. The number of halogens is 1. The number of hydrogen-bond acceptors (Lipinski definition) is 4. The third-order valence-corrected chi connectivity index (χ3v) is 5.41. The smallest absolute Gasteiger partial charge is 0.107 e. The Morgan fingerprint density at radius 3 is 3.17 bits per heavy atom. The molecule has 0 aliphatic carbocycles. The van der Waals surface area contributed by atoms with Crippen LogP contribution in [-0.4, -0.2) is 26.3 Å². The van der Waals surface area contributed by atoms with Crippen molar-refractivity contribution in [2.24, 2.45) is 0 Å². The average molecular weight is 288 g/mol. The van der Waals surface area contributed by atoms with E-state index in [0.29, 0.717) is 12.6 Å². The highest BCUT2D eigenvalue weighted by molar-refractivity contribution is 7.16. The second kappa shape index (κ2) is 4.76. The molecule has 5 heteroatoms. The number of nitrogens with one attached hydrogen (secondary N) is 1. The van der Waals surface area contributed by atoms with E-state index in [1.165, 1.54) is 10.4 Å². The summed E-state index contributed by atoms with van der Waals surface area (Å²) in [6, 6.07) is 2.53. The Bertz CT molecular complexity index is 450. The molecule has 3 atom stereocenters. The van der Waals surface area contributed by atoms with Gasteiger partial charge >= 0.3 is 0 Å². The summed E-state index contributed by atoms with van der Waals surface area (Å²) >= 11 is 7.85. The number of piperidine rings is 1. The molecule has 3 heterocycles. The van der Waals surface area contributed by atoms with E-state index in [-0.39, 0.29) is 11.7 Å². The van der Waals surface area contributed by atoms with Crippen LogP contribution in [0.25, 0.3) is 0 Å². The lowest BCUT2D eigenvalue weighted by molar-refractivity contribution is -0.128. The van der Waals surface area contributed by atoms with E-state index in [2.05, 4.69) is 12.2 Å². The van der Waals surface area contributed by atoms with Crippen LogP contribution in [0.1, 0.15) is 36.3 Å². The van der Waals surface area contributed by atoms with Crippen molar-refractivity contribution in [3.63, 3.8) is 0 Å². The normalized spacial score (nSPS) is 35.7. The predicted octanol–water partition coefficient (Wildman–Crippen LogP) is 3.09. The lowest BCUT2D eigenvalue weighted by Crippen LogP contribution is -2.48. The van der Waals surface area contributed by atoms with E-state index < -0.39 is 0 Å². The van der Waals surface area contributed by atoms with E-state index in [1.54, 1.807) is 18.4 Å². The minimum absolute atomic E-state index is 0.0274. The van der Waals surface area contributed by atoms with Crippen molar-refractivity contribution in [2.45, 2.75) is 37.5 Å². The fourth-order valence-corrected chi connectivity index (χ4v) is 4.55. The van der Waals surface area contributed by atoms with E-state index in [0.717, 1.165) is 23.7 Å². The van der Waals surface area contributed by atoms with Gasteiger partial charge in [-0.15, -0.1) is 11.3 Å². The lowest BCUT2D eigenvalue weighted by Gasteiger charge is -2.44. The molecule has 0 saturated carbocycles. The van der Waals surface area contributed by atoms with Gasteiger partial charge in [-0.2, -0.15) is 0 Å². The predicted molar refractivity (Wildman–Crippen MR) is 73.4 cm³/mol. The Morgan fingerprint density at radius 2 is 2.44 bits per heavy atom. The fraction of sp³-hybridized carbons (Fsp3) is 0.692. The topological polar surface area (TPSA) is 30.5 Å². The summed E-state index contributed by atoms with van der Waals surface area (Å²) in [5, 5.41) is 3.48. The summed E-state index contributed by atoms with van der Waals surface area (Å²) in [7, 11) is 1.73. The Kier molecular flexibility index (Phi) is 3.41. The Morgan fingerprint density at radius 1 is 1.61 bits per heavy atom. The minimum Gasteiger partial charge on any atom is -0.374 e. The van der Waals surface area contributed by atoms with Gasteiger partial charge in [-0.1, -0.05) is 11.6 Å². The molecule has 1 unspecified atom stereocenters. The fourth-order valence-electron chi connectivity index (χ4n) is 3.08. The molecule has 0 radical (unpaired) electrons. The third-order valence-electron chi connectivity index (χ3n) is 3.94. The summed E-state index contributed by atoms with van der Waals surface area (Å²) in [5.41, 5.74) is 1.08. The Balaban J connectivity index is 2.02. The molecule has 2 aliphatic heterocycles. The zero-order chi connectivity index (χ0) is 12.8. The first-order valence-electron chi connectivity index (χ1n) is 6.34. The summed E-state index contributed by atoms with van der Waals surface area (Å²) in [6.07, 6.45) is 2.05. The zero-order valence-corrected chi connectivity index (χ0v) is 12.2. The summed E-state index contributed by atoms with van der Waals surface area (Å²) in [6.45, 7) is 3.83. The molecule has 3 rings (SSSR count).